The summed E-state index contributed by atoms with van der Waals surface area (Å²) in [5.74, 6) is -1.16. The van der Waals surface area contributed by atoms with E-state index in [9.17, 15) is 14.4 Å². The second kappa shape index (κ2) is 8.78. The maximum Gasteiger partial charge on any atom is 0.325 e. The molecule has 7 nitrogen and oxygen atoms in total. The van der Waals surface area contributed by atoms with E-state index >= 15 is 0 Å². The van der Waals surface area contributed by atoms with Crippen molar-refractivity contribution in [3.63, 3.8) is 0 Å². The fourth-order valence-electron chi connectivity index (χ4n) is 1.70. The normalized spacial score (nSPS) is 11.4. The van der Waals surface area contributed by atoms with Gasteiger partial charge in [-0.1, -0.05) is 6.92 Å². The molecule has 0 spiro atoms. The third-order valence-corrected chi connectivity index (χ3v) is 2.99. The van der Waals surface area contributed by atoms with Crippen LogP contribution in [0.5, 0.6) is 0 Å². The van der Waals surface area contributed by atoms with Crippen LogP contribution in [-0.4, -0.2) is 45.0 Å². The van der Waals surface area contributed by atoms with E-state index < -0.39 is 5.97 Å². The quantitative estimate of drug-likeness (QED) is 0.633. The van der Waals surface area contributed by atoms with Crippen molar-refractivity contribution in [2.24, 2.45) is 5.92 Å². The van der Waals surface area contributed by atoms with Crippen molar-refractivity contribution in [3.05, 3.63) is 29.8 Å². The number of amides is 2. The molecule has 1 aromatic rings. The Morgan fingerprint density at radius 2 is 1.82 bits per heavy atom. The van der Waals surface area contributed by atoms with Crippen LogP contribution in [0.3, 0.4) is 0 Å². The number of benzene rings is 1. The first-order valence-corrected chi connectivity index (χ1v) is 6.88. The van der Waals surface area contributed by atoms with E-state index in [0.29, 0.717) is 17.8 Å². The number of methoxy groups -OCH3 is 1. The van der Waals surface area contributed by atoms with Crippen molar-refractivity contribution >= 4 is 23.5 Å². The highest BCUT2D eigenvalue weighted by molar-refractivity contribution is 5.97. The molecule has 0 saturated heterocycles. The molecule has 7 heteroatoms. The van der Waals surface area contributed by atoms with Crippen molar-refractivity contribution in [1.82, 2.24) is 10.6 Å². The third kappa shape index (κ3) is 5.53. The Balaban J connectivity index is 2.57. The van der Waals surface area contributed by atoms with Gasteiger partial charge in [-0.15, -0.1) is 0 Å². The lowest BCUT2D eigenvalue weighted by Gasteiger charge is -2.12. The fourth-order valence-corrected chi connectivity index (χ4v) is 1.70. The van der Waals surface area contributed by atoms with Crippen molar-refractivity contribution in [2.45, 2.75) is 6.92 Å². The Hall–Kier alpha value is -2.41. The van der Waals surface area contributed by atoms with Gasteiger partial charge in [0.1, 0.15) is 6.54 Å². The summed E-state index contributed by atoms with van der Waals surface area (Å²) < 4.78 is 4.44. The maximum atomic E-state index is 11.8. The molecule has 1 atom stereocenters. The first-order chi connectivity index (χ1) is 10.5. The van der Waals surface area contributed by atoms with Gasteiger partial charge in [0.25, 0.3) is 5.91 Å². The van der Waals surface area contributed by atoms with Crippen LogP contribution >= 0.6 is 0 Å². The SMILES string of the molecule is CNCC(C)C(=O)Nc1ccc(C(=O)NCC(=O)OC)cc1. The Morgan fingerprint density at radius 1 is 1.18 bits per heavy atom. The minimum atomic E-state index is -0.518. The van der Waals surface area contributed by atoms with Gasteiger partial charge in [0, 0.05) is 23.7 Å². The van der Waals surface area contributed by atoms with Crippen molar-refractivity contribution in [1.29, 1.82) is 0 Å². The molecule has 22 heavy (non-hydrogen) atoms. The highest BCUT2D eigenvalue weighted by Gasteiger charge is 2.12. The number of rotatable bonds is 7. The van der Waals surface area contributed by atoms with E-state index in [-0.39, 0.29) is 24.3 Å². The largest absolute Gasteiger partial charge is 0.468 e. The molecule has 0 fully saturated rings. The zero-order valence-electron chi connectivity index (χ0n) is 12.9. The van der Waals surface area contributed by atoms with Crippen molar-refractivity contribution < 1.29 is 19.1 Å². The summed E-state index contributed by atoms with van der Waals surface area (Å²) in [6.07, 6.45) is 0. The lowest BCUT2D eigenvalue weighted by atomic mass is 10.1. The van der Waals surface area contributed by atoms with Gasteiger partial charge in [0.05, 0.1) is 7.11 Å². The van der Waals surface area contributed by atoms with E-state index in [2.05, 4.69) is 20.7 Å². The lowest BCUT2D eigenvalue weighted by molar-refractivity contribution is -0.139. The minimum absolute atomic E-state index is 0.0998. The number of carbonyl (C=O) groups excluding carboxylic acids is 3. The van der Waals surface area contributed by atoms with Crippen molar-refractivity contribution in [3.8, 4) is 0 Å². The van der Waals surface area contributed by atoms with E-state index in [0.717, 1.165) is 0 Å². The highest BCUT2D eigenvalue weighted by atomic mass is 16.5. The topological polar surface area (TPSA) is 96.5 Å². The van der Waals surface area contributed by atoms with Crippen LogP contribution in [0.15, 0.2) is 24.3 Å². The monoisotopic (exact) mass is 307 g/mol. The average molecular weight is 307 g/mol. The molecule has 1 rings (SSSR count). The van der Waals surface area contributed by atoms with Gasteiger partial charge in [0.2, 0.25) is 5.91 Å². The second-order valence-electron chi connectivity index (χ2n) is 4.78. The third-order valence-electron chi connectivity index (χ3n) is 2.99. The number of nitrogens with one attached hydrogen (secondary N) is 3. The predicted octanol–water partition coefficient (Wildman–Crippen LogP) is 0.383. The summed E-state index contributed by atoms with van der Waals surface area (Å²) in [6, 6.07) is 6.42. The molecular weight excluding hydrogens is 286 g/mol. The number of carbonyl (C=O) groups is 3. The van der Waals surface area contributed by atoms with Gasteiger partial charge < -0.3 is 20.7 Å². The molecule has 1 aromatic carbocycles. The van der Waals surface area contributed by atoms with Gasteiger partial charge in [0.15, 0.2) is 0 Å². The summed E-state index contributed by atoms with van der Waals surface area (Å²) in [7, 11) is 3.03. The second-order valence-corrected chi connectivity index (χ2v) is 4.78. The molecule has 0 radical (unpaired) electrons. The van der Waals surface area contributed by atoms with Crippen LogP contribution < -0.4 is 16.0 Å². The number of anilines is 1. The maximum absolute atomic E-state index is 11.8. The van der Waals surface area contributed by atoms with E-state index in [4.69, 9.17) is 0 Å². The van der Waals surface area contributed by atoms with Crippen LogP contribution in [-0.2, 0) is 14.3 Å². The Bertz CT molecular complexity index is 528. The zero-order valence-corrected chi connectivity index (χ0v) is 12.9. The molecule has 120 valence electrons. The Morgan fingerprint density at radius 3 is 2.36 bits per heavy atom. The van der Waals surface area contributed by atoms with Crippen LogP contribution in [0.25, 0.3) is 0 Å². The standard InChI is InChI=1S/C15H21N3O4/c1-10(8-16-2)14(20)18-12-6-4-11(5-7-12)15(21)17-9-13(19)22-3/h4-7,10,16H,8-9H2,1-3H3,(H,17,21)(H,18,20). The Kier molecular flexibility index (Phi) is 7.04. The van der Waals surface area contributed by atoms with E-state index in [1.165, 1.54) is 7.11 Å². The summed E-state index contributed by atoms with van der Waals surface area (Å²) >= 11 is 0. The lowest BCUT2D eigenvalue weighted by Crippen LogP contribution is -2.30. The number of hydrogen-bond donors (Lipinski definition) is 3. The van der Waals surface area contributed by atoms with Gasteiger partial charge in [-0.25, -0.2) is 0 Å². The van der Waals surface area contributed by atoms with Crippen LogP contribution in [0.4, 0.5) is 5.69 Å². The molecule has 0 heterocycles. The fraction of sp³-hybridized carbons (Fsp3) is 0.400. The van der Waals surface area contributed by atoms with Gasteiger partial charge in [-0.05, 0) is 31.3 Å². The molecule has 0 aromatic heterocycles. The van der Waals surface area contributed by atoms with Gasteiger partial charge >= 0.3 is 5.97 Å². The van der Waals surface area contributed by atoms with Crippen LogP contribution in [0.1, 0.15) is 17.3 Å². The molecular formula is C15H21N3O4. The zero-order chi connectivity index (χ0) is 16.5. The minimum Gasteiger partial charge on any atom is -0.468 e. The van der Waals surface area contributed by atoms with Gasteiger partial charge in [-0.3, -0.25) is 14.4 Å². The molecule has 2 amide bonds. The first-order valence-electron chi connectivity index (χ1n) is 6.88. The highest BCUT2D eigenvalue weighted by Crippen LogP contribution is 2.11. The van der Waals surface area contributed by atoms with Crippen LogP contribution in [0, 0.1) is 5.92 Å². The molecule has 3 N–H and O–H groups in total. The van der Waals surface area contributed by atoms with Crippen molar-refractivity contribution in [2.75, 3.05) is 32.6 Å². The van der Waals surface area contributed by atoms with E-state index in [1.807, 2.05) is 6.92 Å². The summed E-state index contributed by atoms with van der Waals surface area (Å²) in [6.45, 7) is 2.22. The van der Waals surface area contributed by atoms with Gasteiger partial charge in [-0.2, -0.15) is 0 Å². The smallest absolute Gasteiger partial charge is 0.325 e. The summed E-state index contributed by atoms with van der Waals surface area (Å²) in [5.41, 5.74) is 1.00. The summed E-state index contributed by atoms with van der Waals surface area (Å²) in [5, 5.41) is 8.14. The molecule has 1 unspecified atom stereocenters. The summed E-state index contributed by atoms with van der Waals surface area (Å²) in [4.78, 5) is 34.6. The number of ether oxygens (including phenoxy) is 1. The predicted molar refractivity (Wildman–Crippen MR) is 82.5 cm³/mol. The average Bonchev–Trinajstić information content (AvgIpc) is 2.53. The van der Waals surface area contributed by atoms with E-state index in [1.54, 1.807) is 31.3 Å². The molecule has 0 saturated carbocycles. The number of esters is 1. The number of hydrogen-bond acceptors (Lipinski definition) is 5. The molecule has 0 bridgehead atoms. The van der Waals surface area contributed by atoms with Crippen LogP contribution in [0.2, 0.25) is 0 Å². The molecule has 0 aliphatic heterocycles. The molecule has 0 aliphatic carbocycles. The molecule has 0 aliphatic rings. The Labute approximate surface area is 129 Å². The first kappa shape index (κ1) is 17.6.